The number of pyridine rings is 1. The van der Waals surface area contributed by atoms with Gasteiger partial charge in [-0.25, -0.2) is 9.99 Å². The highest BCUT2D eigenvalue weighted by molar-refractivity contribution is 6.35. The Morgan fingerprint density at radius 1 is 1.26 bits per heavy atom. The fraction of sp³-hybridized carbons (Fsp3) is 0.250. The predicted octanol–water partition coefficient (Wildman–Crippen LogP) is 5.12. The van der Waals surface area contributed by atoms with E-state index in [1.807, 2.05) is 13.8 Å². The largest absolute Gasteiger partial charge is 0.383 e. The Morgan fingerprint density at radius 3 is 2.65 bits per heavy atom. The van der Waals surface area contributed by atoms with Crippen LogP contribution in [0.5, 0.6) is 0 Å². The number of amides is 1. The lowest BCUT2D eigenvalue weighted by Gasteiger charge is -2.43. The molecule has 0 bridgehead atoms. The van der Waals surface area contributed by atoms with Crippen molar-refractivity contribution in [2.75, 3.05) is 0 Å². The van der Waals surface area contributed by atoms with Crippen LogP contribution >= 0.6 is 34.8 Å². The smallest absolute Gasteiger partial charge is 0.273 e. The number of benzene rings is 1. The summed E-state index contributed by atoms with van der Waals surface area (Å²) >= 11 is 18.7. The number of hydrogen-bond acceptors (Lipinski definition) is 6. The number of aromatic nitrogens is 1. The standard InChI is InChI=1S/C24H20Cl3N5O2/c1-24(2)9-17-20(18(33)10-24)19(13-6-5-12(25)8-16(13)26)15(11-28)22(29)32(17)31-23(34)14-4-3-7-30-21(14)27/h3-8,19H,9-10,29H2,1-2H3,(H,31,34). The van der Waals surface area contributed by atoms with Crippen molar-refractivity contribution < 1.29 is 9.59 Å². The van der Waals surface area contributed by atoms with E-state index in [1.165, 1.54) is 17.3 Å². The molecule has 1 aliphatic heterocycles. The van der Waals surface area contributed by atoms with E-state index >= 15 is 0 Å². The summed E-state index contributed by atoms with van der Waals surface area (Å²) < 4.78 is 0. The van der Waals surface area contributed by atoms with Crippen LogP contribution in [0, 0.1) is 16.7 Å². The molecule has 0 saturated carbocycles. The van der Waals surface area contributed by atoms with Crippen molar-refractivity contribution in [2.45, 2.75) is 32.6 Å². The Kier molecular flexibility index (Phi) is 6.34. The van der Waals surface area contributed by atoms with Gasteiger partial charge in [-0.1, -0.05) is 54.7 Å². The second-order valence-electron chi connectivity index (χ2n) is 8.93. The summed E-state index contributed by atoms with van der Waals surface area (Å²) in [5.74, 6) is -1.52. The average Bonchev–Trinajstić information content (AvgIpc) is 2.75. The first kappa shape index (κ1) is 24.1. The molecule has 4 rings (SSSR count). The molecule has 3 N–H and O–H groups in total. The molecule has 2 heterocycles. The van der Waals surface area contributed by atoms with Crippen LogP contribution in [0.25, 0.3) is 0 Å². The van der Waals surface area contributed by atoms with Crippen LogP contribution in [0.4, 0.5) is 0 Å². The lowest BCUT2D eigenvalue weighted by molar-refractivity contribution is -0.118. The van der Waals surface area contributed by atoms with E-state index < -0.39 is 17.2 Å². The molecule has 34 heavy (non-hydrogen) atoms. The van der Waals surface area contributed by atoms with E-state index in [2.05, 4.69) is 16.5 Å². The number of carbonyl (C=O) groups excluding carboxylic acids is 2. The van der Waals surface area contributed by atoms with Crippen molar-refractivity contribution in [1.82, 2.24) is 15.4 Å². The van der Waals surface area contributed by atoms with E-state index in [0.717, 1.165) is 0 Å². The van der Waals surface area contributed by atoms with E-state index in [0.29, 0.717) is 33.3 Å². The fourth-order valence-corrected chi connectivity index (χ4v) is 5.12. The highest BCUT2D eigenvalue weighted by Gasteiger charge is 2.45. The maximum atomic E-state index is 13.5. The monoisotopic (exact) mass is 515 g/mol. The number of nitriles is 1. The van der Waals surface area contributed by atoms with Gasteiger partial charge in [0.25, 0.3) is 5.91 Å². The molecule has 10 heteroatoms. The van der Waals surface area contributed by atoms with Crippen molar-refractivity contribution in [3.8, 4) is 6.07 Å². The number of hydrazine groups is 1. The first-order valence-electron chi connectivity index (χ1n) is 10.4. The maximum absolute atomic E-state index is 13.5. The molecule has 7 nitrogen and oxygen atoms in total. The first-order valence-corrected chi connectivity index (χ1v) is 11.5. The number of nitrogens with two attached hydrogens (primary N) is 1. The molecule has 2 aromatic rings. The normalized spacial score (nSPS) is 19.6. The van der Waals surface area contributed by atoms with Crippen LogP contribution < -0.4 is 11.2 Å². The molecule has 0 fully saturated rings. The molecule has 1 aliphatic carbocycles. The van der Waals surface area contributed by atoms with Gasteiger partial charge in [0.05, 0.1) is 28.8 Å². The van der Waals surface area contributed by atoms with Crippen molar-refractivity contribution in [3.05, 3.63) is 85.5 Å². The third-order valence-corrected chi connectivity index (χ3v) is 6.74. The second-order valence-corrected chi connectivity index (χ2v) is 10.1. The van der Waals surface area contributed by atoms with E-state index in [-0.39, 0.29) is 34.3 Å². The van der Waals surface area contributed by atoms with Crippen LogP contribution in [0.15, 0.2) is 59.2 Å². The SMILES string of the molecule is CC1(C)CC(=O)C2=C(C1)N(NC(=O)c1cccnc1Cl)C(N)=C(C#N)C2c1ccc(Cl)cc1Cl. The summed E-state index contributed by atoms with van der Waals surface area (Å²) in [4.78, 5) is 30.4. The number of rotatable bonds is 3. The Labute approximate surface area is 211 Å². The van der Waals surface area contributed by atoms with Crippen LogP contribution in [0.1, 0.15) is 48.5 Å². The van der Waals surface area contributed by atoms with Gasteiger partial charge >= 0.3 is 0 Å². The third-order valence-electron chi connectivity index (χ3n) is 5.87. The van der Waals surface area contributed by atoms with Crippen LogP contribution in [0.3, 0.4) is 0 Å². The van der Waals surface area contributed by atoms with Gasteiger partial charge in [0.2, 0.25) is 0 Å². The molecule has 2 aliphatic rings. The molecule has 174 valence electrons. The molecule has 0 saturated heterocycles. The number of carbonyl (C=O) groups is 2. The van der Waals surface area contributed by atoms with Gasteiger partial charge in [-0.15, -0.1) is 0 Å². The highest BCUT2D eigenvalue weighted by Crippen LogP contribution is 2.49. The Bertz CT molecular complexity index is 1330. The molecular formula is C24H20Cl3N5O2. The number of allylic oxidation sites excluding steroid dienone is 3. The number of nitrogens with zero attached hydrogens (tertiary/aromatic N) is 3. The molecule has 0 radical (unpaired) electrons. The quantitative estimate of drug-likeness (QED) is 0.547. The van der Waals surface area contributed by atoms with Gasteiger partial charge in [-0.3, -0.25) is 15.0 Å². The zero-order chi connectivity index (χ0) is 24.8. The van der Waals surface area contributed by atoms with Crippen LogP contribution in [0.2, 0.25) is 15.2 Å². The van der Waals surface area contributed by atoms with Crippen LogP contribution in [-0.2, 0) is 4.79 Å². The second kappa shape index (κ2) is 8.95. The van der Waals surface area contributed by atoms with Gasteiger partial charge in [0, 0.05) is 28.2 Å². The fourth-order valence-electron chi connectivity index (χ4n) is 4.40. The Balaban J connectivity index is 1.90. The molecule has 1 unspecified atom stereocenters. The van der Waals surface area contributed by atoms with Crippen molar-refractivity contribution in [2.24, 2.45) is 11.1 Å². The lowest BCUT2D eigenvalue weighted by Crippen LogP contribution is -2.50. The zero-order valence-corrected chi connectivity index (χ0v) is 20.6. The maximum Gasteiger partial charge on any atom is 0.273 e. The summed E-state index contributed by atoms with van der Waals surface area (Å²) in [6.45, 7) is 3.91. The number of Topliss-reactive ketones (excluding diaryl/α,β-unsaturated/α-hetero) is 1. The third kappa shape index (κ3) is 4.25. The minimum absolute atomic E-state index is 0.00358. The average molecular weight is 517 g/mol. The van der Waals surface area contributed by atoms with Crippen molar-refractivity contribution >= 4 is 46.5 Å². The summed E-state index contributed by atoms with van der Waals surface area (Å²) in [5.41, 5.74) is 10.4. The summed E-state index contributed by atoms with van der Waals surface area (Å²) in [5, 5.41) is 12.1. The van der Waals surface area contributed by atoms with E-state index in [1.54, 1.807) is 24.3 Å². The summed E-state index contributed by atoms with van der Waals surface area (Å²) in [6, 6.07) is 10.1. The van der Waals surface area contributed by atoms with Gasteiger partial charge in [-0.05, 0) is 41.7 Å². The van der Waals surface area contributed by atoms with E-state index in [4.69, 9.17) is 40.5 Å². The van der Waals surface area contributed by atoms with Crippen molar-refractivity contribution in [3.63, 3.8) is 0 Å². The van der Waals surface area contributed by atoms with E-state index in [9.17, 15) is 14.9 Å². The number of halogens is 3. The van der Waals surface area contributed by atoms with Crippen LogP contribution in [-0.4, -0.2) is 21.7 Å². The minimum atomic E-state index is -0.788. The van der Waals surface area contributed by atoms with Gasteiger partial charge in [0.15, 0.2) is 5.78 Å². The van der Waals surface area contributed by atoms with Crippen molar-refractivity contribution in [1.29, 1.82) is 5.26 Å². The summed E-state index contributed by atoms with van der Waals surface area (Å²) in [6.07, 6.45) is 2.16. The number of ketones is 1. The van der Waals surface area contributed by atoms with Gasteiger partial charge in [-0.2, -0.15) is 5.26 Å². The molecule has 1 atom stereocenters. The van der Waals surface area contributed by atoms with Gasteiger partial charge < -0.3 is 5.73 Å². The number of nitrogens with one attached hydrogen (secondary N) is 1. The first-order chi connectivity index (χ1) is 16.0. The highest BCUT2D eigenvalue weighted by atomic mass is 35.5. The van der Waals surface area contributed by atoms with Gasteiger partial charge in [0.1, 0.15) is 11.0 Å². The Hall–Kier alpha value is -3.05. The molecule has 1 aromatic carbocycles. The molecule has 0 spiro atoms. The zero-order valence-electron chi connectivity index (χ0n) is 18.3. The topological polar surface area (TPSA) is 112 Å². The summed E-state index contributed by atoms with van der Waals surface area (Å²) in [7, 11) is 0. The lowest BCUT2D eigenvalue weighted by atomic mass is 9.69. The molecular weight excluding hydrogens is 497 g/mol. The molecule has 1 amide bonds. The minimum Gasteiger partial charge on any atom is -0.383 e. The molecule has 1 aromatic heterocycles. The Morgan fingerprint density at radius 2 is 2.00 bits per heavy atom. The number of hydrogen-bond donors (Lipinski definition) is 2. The predicted molar refractivity (Wildman–Crippen MR) is 130 cm³/mol.